The smallest absolute Gasteiger partial charge is 0.229 e. The van der Waals surface area contributed by atoms with Gasteiger partial charge in [-0.2, -0.15) is 0 Å². The average Bonchev–Trinajstić information content (AvgIpc) is 2.83. The summed E-state index contributed by atoms with van der Waals surface area (Å²) >= 11 is 0. The van der Waals surface area contributed by atoms with Gasteiger partial charge in [-0.25, -0.2) is 12.8 Å². The molecule has 0 radical (unpaired) electrons. The summed E-state index contributed by atoms with van der Waals surface area (Å²) in [7, 11) is -3.38. The van der Waals surface area contributed by atoms with Crippen molar-refractivity contribution in [2.75, 3.05) is 11.0 Å². The minimum atomic E-state index is -3.38. The Morgan fingerprint density at radius 1 is 1.00 bits per heavy atom. The van der Waals surface area contributed by atoms with Crippen molar-refractivity contribution in [3.63, 3.8) is 0 Å². The number of hydrogen-bond acceptors (Lipinski definition) is 3. The van der Waals surface area contributed by atoms with Crippen molar-refractivity contribution in [2.24, 2.45) is 0 Å². The number of benzene rings is 3. The van der Waals surface area contributed by atoms with Gasteiger partial charge in [-0.3, -0.25) is 4.72 Å². The van der Waals surface area contributed by atoms with Crippen LogP contribution >= 0.6 is 0 Å². The summed E-state index contributed by atoms with van der Waals surface area (Å²) in [4.78, 5) is 0. The molecule has 3 aromatic rings. The van der Waals surface area contributed by atoms with Gasteiger partial charge in [0.15, 0.2) is 0 Å². The molecule has 1 aliphatic rings. The first kappa shape index (κ1) is 19.2. The first-order chi connectivity index (χ1) is 13.8. The van der Waals surface area contributed by atoms with Crippen molar-refractivity contribution in [3.05, 3.63) is 94.8 Å². The molecule has 0 saturated carbocycles. The van der Waals surface area contributed by atoms with Gasteiger partial charge < -0.3 is 4.74 Å². The quantitative estimate of drug-likeness (QED) is 0.657. The predicted molar refractivity (Wildman–Crippen MR) is 114 cm³/mol. The zero-order valence-corrected chi connectivity index (χ0v) is 16.9. The van der Waals surface area contributed by atoms with E-state index >= 15 is 0 Å². The number of fused-ring (bicyclic) bond motifs is 2. The molecule has 0 aliphatic carbocycles. The fourth-order valence-corrected chi connectivity index (χ4v) is 4.15. The molecule has 0 aromatic heterocycles. The fraction of sp³-hybridized carbons (Fsp3) is 0.130. The van der Waals surface area contributed by atoms with Crippen LogP contribution in [0.25, 0.3) is 11.1 Å². The van der Waals surface area contributed by atoms with Crippen LogP contribution in [-0.4, -0.2) is 14.7 Å². The Balaban J connectivity index is 1.95. The molecule has 1 N–H and O–H groups in total. The predicted octanol–water partition coefficient (Wildman–Crippen LogP) is 5.07. The molecule has 1 aliphatic heterocycles. The highest BCUT2D eigenvalue weighted by Gasteiger charge is 2.22. The van der Waals surface area contributed by atoms with Gasteiger partial charge in [-0.05, 0) is 59.0 Å². The summed E-state index contributed by atoms with van der Waals surface area (Å²) in [5.74, 6) is 0.132. The summed E-state index contributed by atoms with van der Waals surface area (Å²) < 4.78 is 45.5. The minimum absolute atomic E-state index is 0.346. The lowest BCUT2D eigenvalue weighted by atomic mass is 9.88. The number of halogens is 1. The lowest BCUT2D eigenvalue weighted by Gasteiger charge is -2.16. The second-order valence-corrected chi connectivity index (χ2v) is 8.79. The van der Waals surface area contributed by atoms with E-state index in [1.54, 1.807) is 24.3 Å². The Morgan fingerprint density at radius 2 is 1.79 bits per heavy atom. The van der Waals surface area contributed by atoms with Crippen LogP contribution in [0, 0.1) is 5.82 Å². The maximum atomic E-state index is 13.9. The molecule has 3 aromatic carbocycles. The van der Waals surface area contributed by atoms with Crippen molar-refractivity contribution < 1.29 is 17.5 Å². The van der Waals surface area contributed by atoms with E-state index in [4.69, 9.17) is 4.74 Å². The highest BCUT2D eigenvalue weighted by molar-refractivity contribution is 7.92. The number of sulfonamides is 1. The van der Waals surface area contributed by atoms with Gasteiger partial charge in [0.05, 0.1) is 6.26 Å². The molecule has 148 valence electrons. The lowest BCUT2D eigenvalue weighted by molar-refractivity contribution is 0.305. The fourth-order valence-electron chi connectivity index (χ4n) is 3.59. The number of anilines is 1. The monoisotopic (exact) mass is 409 g/mol. The van der Waals surface area contributed by atoms with Crippen molar-refractivity contribution in [2.45, 2.75) is 13.5 Å². The first-order valence-corrected chi connectivity index (χ1v) is 11.0. The van der Waals surface area contributed by atoms with E-state index in [-0.39, 0.29) is 5.82 Å². The summed E-state index contributed by atoms with van der Waals surface area (Å²) in [6, 6.07) is 19.7. The molecule has 0 atom stereocenters. The molecule has 6 heteroatoms. The van der Waals surface area contributed by atoms with E-state index < -0.39 is 10.0 Å². The van der Waals surface area contributed by atoms with E-state index in [9.17, 15) is 12.8 Å². The molecule has 0 unspecified atom stereocenters. The van der Waals surface area contributed by atoms with Gasteiger partial charge in [-0.15, -0.1) is 0 Å². The molecule has 0 saturated heterocycles. The molecule has 4 rings (SSSR count). The lowest BCUT2D eigenvalue weighted by Crippen LogP contribution is -2.09. The van der Waals surface area contributed by atoms with Gasteiger partial charge in [0, 0.05) is 17.3 Å². The number of ether oxygens (including phenoxy) is 1. The van der Waals surface area contributed by atoms with Crippen LogP contribution in [0.3, 0.4) is 0 Å². The maximum absolute atomic E-state index is 13.9. The van der Waals surface area contributed by atoms with E-state index in [1.807, 2.05) is 37.3 Å². The zero-order chi connectivity index (χ0) is 20.6. The number of hydrogen-bond donors (Lipinski definition) is 1. The topological polar surface area (TPSA) is 55.4 Å². The Labute approximate surface area is 169 Å². The van der Waals surface area contributed by atoms with Crippen LogP contribution in [0.4, 0.5) is 10.1 Å². The van der Waals surface area contributed by atoms with Crippen LogP contribution < -0.4 is 9.46 Å². The third-order valence-electron chi connectivity index (χ3n) is 4.86. The van der Waals surface area contributed by atoms with Gasteiger partial charge in [0.1, 0.15) is 18.2 Å². The molecule has 4 nitrogen and oxygen atoms in total. The molecule has 1 heterocycles. The van der Waals surface area contributed by atoms with Crippen LogP contribution in [0.2, 0.25) is 0 Å². The molecule has 0 amide bonds. The van der Waals surface area contributed by atoms with E-state index in [0.717, 1.165) is 39.7 Å². The summed E-state index contributed by atoms with van der Waals surface area (Å²) in [5, 5.41) is 0. The Bertz CT molecular complexity index is 1230. The van der Waals surface area contributed by atoms with E-state index in [2.05, 4.69) is 4.72 Å². The third kappa shape index (κ3) is 4.03. The molecule has 0 fully saturated rings. The highest BCUT2D eigenvalue weighted by Crippen LogP contribution is 2.41. The molecular weight excluding hydrogens is 389 g/mol. The summed E-state index contributed by atoms with van der Waals surface area (Å²) in [6.07, 6.45) is 1.12. The standard InChI is InChI=1S/C23H20FNO3S/c1-15(16-7-5-8-19(12-16)25-29(2,26)27)23-20-9-4-3-6-17(20)14-28-22-13-18(24)10-11-21(22)23/h3-13,25H,14H2,1-2H3. The second kappa shape index (κ2) is 7.37. The van der Waals surface area contributed by atoms with Crippen molar-refractivity contribution in [1.82, 2.24) is 0 Å². The van der Waals surface area contributed by atoms with Gasteiger partial charge >= 0.3 is 0 Å². The Hall–Kier alpha value is -3.12. The Kier molecular flexibility index (Phi) is 4.88. The summed E-state index contributed by atoms with van der Waals surface area (Å²) in [6.45, 7) is 2.32. The van der Waals surface area contributed by atoms with Crippen LogP contribution in [0.1, 0.15) is 29.2 Å². The highest BCUT2D eigenvalue weighted by atomic mass is 32.2. The molecule has 29 heavy (non-hydrogen) atoms. The van der Waals surface area contributed by atoms with Crippen molar-refractivity contribution >= 4 is 26.9 Å². The minimum Gasteiger partial charge on any atom is -0.488 e. The third-order valence-corrected chi connectivity index (χ3v) is 5.46. The van der Waals surface area contributed by atoms with Crippen LogP contribution in [0.15, 0.2) is 66.7 Å². The number of nitrogens with one attached hydrogen (secondary N) is 1. The van der Waals surface area contributed by atoms with Crippen molar-refractivity contribution in [3.8, 4) is 5.75 Å². The van der Waals surface area contributed by atoms with Gasteiger partial charge in [0.25, 0.3) is 0 Å². The average molecular weight is 409 g/mol. The van der Waals surface area contributed by atoms with Crippen LogP contribution in [-0.2, 0) is 16.6 Å². The molecule has 0 spiro atoms. The maximum Gasteiger partial charge on any atom is 0.229 e. The van der Waals surface area contributed by atoms with Gasteiger partial charge in [-0.1, -0.05) is 36.4 Å². The SMILES string of the molecule is CC(=C1c2ccccc2COc2cc(F)ccc21)c1cccc(NS(C)(=O)=O)c1. The zero-order valence-electron chi connectivity index (χ0n) is 16.1. The number of allylic oxidation sites excluding steroid dienone is 1. The van der Waals surface area contributed by atoms with Crippen molar-refractivity contribution in [1.29, 1.82) is 0 Å². The molecular formula is C23H20FNO3S. The van der Waals surface area contributed by atoms with E-state index in [0.29, 0.717) is 18.0 Å². The van der Waals surface area contributed by atoms with Crippen LogP contribution in [0.5, 0.6) is 5.75 Å². The summed E-state index contributed by atoms with van der Waals surface area (Å²) in [5.41, 5.74) is 6.04. The normalized spacial score (nSPS) is 14.9. The molecule has 0 bridgehead atoms. The first-order valence-electron chi connectivity index (χ1n) is 9.12. The second-order valence-electron chi connectivity index (χ2n) is 7.04. The van der Waals surface area contributed by atoms with E-state index in [1.165, 1.54) is 12.1 Å². The largest absolute Gasteiger partial charge is 0.488 e. The Morgan fingerprint density at radius 3 is 2.59 bits per heavy atom. The number of rotatable bonds is 3. The van der Waals surface area contributed by atoms with Gasteiger partial charge in [0.2, 0.25) is 10.0 Å².